The zero-order valence-electron chi connectivity index (χ0n) is 12.7. The minimum absolute atomic E-state index is 0.250. The first-order chi connectivity index (χ1) is 9.93. The molecule has 1 heterocycles. The molecule has 1 aliphatic heterocycles. The van der Waals surface area contributed by atoms with Crippen molar-refractivity contribution in [3.05, 3.63) is 29.3 Å². The van der Waals surface area contributed by atoms with Crippen LogP contribution in [-0.2, 0) is 14.3 Å². The van der Waals surface area contributed by atoms with Crippen molar-refractivity contribution in [1.29, 1.82) is 0 Å². The third-order valence-corrected chi connectivity index (χ3v) is 4.46. The van der Waals surface area contributed by atoms with E-state index in [1.165, 1.54) is 7.11 Å². The van der Waals surface area contributed by atoms with E-state index in [0.29, 0.717) is 24.5 Å². The highest BCUT2D eigenvalue weighted by Crippen LogP contribution is 2.37. The fourth-order valence-corrected chi connectivity index (χ4v) is 2.94. The monoisotopic (exact) mass is 311 g/mol. The lowest BCUT2D eigenvalue weighted by Crippen LogP contribution is -2.57. The number of rotatable bonds is 4. The van der Waals surface area contributed by atoms with Crippen LogP contribution in [0.5, 0.6) is 0 Å². The molecule has 1 N–H and O–H groups in total. The van der Waals surface area contributed by atoms with E-state index in [1.807, 2.05) is 19.1 Å². The Morgan fingerprint density at radius 2 is 2.10 bits per heavy atom. The summed E-state index contributed by atoms with van der Waals surface area (Å²) in [5.74, 6) is -0.250. The fourth-order valence-electron chi connectivity index (χ4n) is 2.81. The highest BCUT2D eigenvalue weighted by molar-refractivity contribution is 6.30. The van der Waals surface area contributed by atoms with Crippen LogP contribution in [0.2, 0.25) is 5.02 Å². The number of hydrogen-bond donors (Lipinski definition) is 1. The van der Waals surface area contributed by atoms with Crippen LogP contribution in [0.3, 0.4) is 0 Å². The maximum atomic E-state index is 12.4. The molecule has 2 atom stereocenters. The van der Waals surface area contributed by atoms with Gasteiger partial charge in [-0.25, -0.2) is 4.79 Å². The Bertz CT molecular complexity index is 505. The standard InChI is InChI=1S/C16H22ClNO3/c1-4-15(2)11-16(9-10-21-15,14(19)20-3)18-13-7-5-12(17)6-8-13/h5-8,18H,4,9-11H2,1-3H3. The Balaban J connectivity index is 2.29. The molecule has 5 heteroatoms. The van der Waals surface area contributed by atoms with E-state index in [0.717, 1.165) is 12.1 Å². The molecule has 1 aliphatic rings. The Kier molecular flexibility index (Phi) is 4.79. The Morgan fingerprint density at radius 3 is 2.67 bits per heavy atom. The largest absolute Gasteiger partial charge is 0.467 e. The lowest BCUT2D eigenvalue weighted by molar-refractivity contribution is -0.158. The highest BCUT2D eigenvalue weighted by Gasteiger charge is 2.48. The summed E-state index contributed by atoms with van der Waals surface area (Å²) in [6, 6.07) is 7.33. The van der Waals surface area contributed by atoms with Gasteiger partial charge in [-0.2, -0.15) is 0 Å². The van der Waals surface area contributed by atoms with Crippen molar-refractivity contribution >= 4 is 23.3 Å². The number of hydrogen-bond acceptors (Lipinski definition) is 4. The molecule has 2 unspecified atom stereocenters. The Morgan fingerprint density at radius 1 is 1.43 bits per heavy atom. The van der Waals surface area contributed by atoms with Gasteiger partial charge in [0.1, 0.15) is 5.54 Å². The van der Waals surface area contributed by atoms with Crippen LogP contribution >= 0.6 is 11.6 Å². The van der Waals surface area contributed by atoms with Crippen molar-refractivity contribution in [2.24, 2.45) is 0 Å². The first-order valence-corrected chi connectivity index (χ1v) is 7.57. The summed E-state index contributed by atoms with van der Waals surface area (Å²) >= 11 is 5.91. The van der Waals surface area contributed by atoms with Crippen molar-refractivity contribution in [2.75, 3.05) is 19.0 Å². The Labute approximate surface area is 130 Å². The van der Waals surface area contributed by atoms with E-state index in [1.54, 1.807) is 12.1 Å². The van der Waals surface area contributed by atoms with Crippen LogP contribution in [0.15, 0.2) is 24.3 Å². The van der Waals surface area contributed by atoms with E-state index in [4.69, 9.17) is 21.1 Å². The van der Waals surface area contributed by atoms with Gasteiger partial charge in [-0.1, -0.05) is 18.5 Å². The Hall–Kier alpha value is -1.26. The molecule has 1 fully saturated rings. The molecule has 0 spiro atoms. The molecular formula is C16H22ClNO3. The van der Waals surface area contributed by atoms with Crippen molar-refractivity contribution < 1.29 is 14.3 Å². The van der Waals surface area contributed by atoms with Crippen molar-refractivity contribution in [1.82, 2.24) is 0 Å². The van der Waals surface area contributed by atoms with Gasteiger partial charge in [-0.05, 0) is 37.6 Å². The first-order valence-electron chi connectivity index (χ1n) is 7.19. The molecule has 0 amide bonds. The van der Waals surface area contributed by atoms with Crippen LogP contribution in [0.25, 0.3) is 0 Å². The van der Waals surface area contributed by atoms with Gasteiger partial charge in [-0.3, -0.25) is 0 Å². The van der Waals surface area contributed by atoms with Gasteiger partial charge < -0.3 is 14.8 Å². The fraction of sp³-hybridized carbons (Fsp3) is 0.562. The van der Waals surface area contributed by atoms with Crippen LogP contribution in [-0.4, -0.2) is 30.8 Å². The smallest absolute Gasteiger partial charge is 0.331 e. The summed E-state index contributed by atoms with van der Waals surface area (Å²) in [6.07, 6.45) is 2.00. The number of esters is 1. The van der Waals surface area contributed by atoms with E-state index in [2.05, 4.69) is 12.2 Å². The zero-order valence-corrected chi connectivity index (χ0v) is 13.5. The summed E-state index contributed by atoms with van der Waals surface area (Å²) in [5.41, 5.74) is -0.234. The lowest BCUT2D eigenvalue weighted by atomic mass is 9.79. The van der Waals surface area contributed by atoms with Crippen LogP contribution in [0, 0.1) is 0 Å². The lowest BCUT2D eigenvalue weighted by Gasteiger charge is -2.45. The number of carbonyl (C=O) groups is 1. The van der Waals surface area contributed by atoms with Gasteiger partial charge in [0, 0.05) is 23.6 Å². The molecule has 0 aromatic heterocycles. The SMILES string of the molecule is CCC1(C)CC(Nc2ccc(Cl)cc2)(C(=O)OC)CCO1. The maximum absolute atomic E-state index is 12.4. The summed E-state index contributed by atoms with van der Waals surface area (Å²) < 4.78 is 10.9. The molecular weight excluding hydrogens is 290 g/mol. The highest BCUT2D eigenvalue weighted by atomic mass is 35.5. The minimum Gasteiger partial charge on any atom is -0.467 e. The van der Waals surface area contributed by atoms with Gasteiger partial charge in [0.25, 0.3) is 0 Å². The number of anilines is 1. The summed E-state index contributed by atoms with van der Waals surface area (Å²) in [7, 11) is 1.42. The van der Waals surface area contributed by atoms with Gasteiger partial charge in [-0.15, -0.1) is 0 Å². The van der Waals surface area contributed by atoms with Crippen molar-refractivity contribution in [2.45, 2.75) is 44.2 Å². The third kappa shape index (κ3) is 3.50. The third-order valence-electron chi connectivity index (χ3n) is 4.21. The summed E-state index contributed by atoms with van der Waals surface area (Å²) in [4.78, 5) is 12.4. The number of methoxy groups -OCH3 is 1. The second-order valence-corrected chi connectivity index (χ2v) is 6.22. The molecule has 0 saturated carbocycles. The van der Waals surface area contributed by atoms with Gasteiger partial charge in [0.05, 0.1) is 19.3 Å². The summed E-state index contributed by atoms with van der Waals surface area (Å²) in [6.45, 7) is 4.63. The minimum atomic E-state index is -0.758. The van der Waals surface area contributed by atoms with Gasteiger partial charge in [0.15, 0.2) is 0 Å². The molecule has 21 heavy (non-hydrogen) atoms. The molecule has 1 saturated heterocycles. The van der Waals surface area contributed by atoms with Crippen molar-refractivity contribution in [3.63, 3.8) is 0 Å². The number of nitrogens with one attached hydrogen (secondary N) is 1. The van der Waals surface area contributed by atoms with Gasteiger partial charge >= 0.3 is 5.97 Å². The normalized spacial score (nSPS) is 29.0. The first kappa shape index (κ1) is 16.1. The van der Waals surface area contributed by atoms with Crippen LogP contribution in [0.1, 0.15) is 33.1 Å². The number of ether oxygens (including phenoxy) is 2. The number of benzene rings is 1. The second kappa shape index (κ2) is 6.24. The van der Waals surface area contributed by atoms with Gasteiger partial charge in [0.2, 0.25) is 0 Å². The molecule has 1 aromatic carbocycles. The molecule has 0 bridgehead atoms. The van der Waals surface area contributed by atoms with Crippen LogP contribution < -0.4 is 5.32 Å². The van der Waals surface area contributed by atoms with Crippen molar-refractivity contribution in [3.8, 4) is 0 Å². The average Bonchev–Trinajstić information content (AvgIpc) is 2.49. The molecule has 4 nitrogen and oxygen atoms in total. The van der Waals surface area contributed by atoms with E-state index >= 15 is 0 Å². The predicted molar refractivity (Wildman–Crippen MR) is 83.7 cm³/mol. The molecule has 2 rings (SSSR count). The molecule has 116 valence electrons. The zero-order chi connectivity index (χ0) is 15.5. The molecule has 0 aliphatic carbocycles. The predicted octanol–water partition coefficient (Wildman–Crippen LogP) is 3.64. The van der Waals surface area contributed by atoms with E-state index in [-0.39, 0.29) is 11.6 Å². The molecule has 1 aromatic rings. The van der Waals surface area contributed by atoms with E-state index < -0.39 is 5.54 Å². The average molecular weight is 312 g/mol. The quantitative estimate of drug-likeness (QED) is 0.862. The summed E-state index contributed by atoms with van der Waals surface area (Å²) in [5, 5.41) is 4.01. The second-order valence-electron chi connectivity index (χ2n) is 5.78. The van der Waals surface area contributed by atoms with E-state index in [9.17, 15) is 4.79 Å². The molecule has 0 radical (unpaired) electrons. The number of carbonyl (C=O) groups excluding carboxylic acids is 1. The number of halogens is 1. The topological polar surface area (TPSA) is 47.6 Å². The van der Waals surface area contributed by atoms with Crippen LogP contribution in [0.4, 0.5) is 5.69 Å². The maximum Gasteiger partial charge on any atom is 0.331 e.